The van der Waals surface area contributed by atoms with E-state index in [0.29, 0.717) is 38.7 Å². The highest BCUT2D eigenvalue weighted by Crippen LogP contribution is 2.37. The molecule has 1 atom stereocenters. The molecule has 0 unspecified atom stereocenters. The number of esters is 1. The minimum Gasteiger partial charge on any atom is -0.463 e. The molecule has 0 saturated heterocycles. The molecule has 160 valence electrons. The third-order valence-corrected chi connectivity index (χ3v) is 5.92. The fourth-order valence-electron chi connectivity index (χ4n) is 3.39. The Morgan fingerprint density at radius 2 is 2.06 bits per heavy atom. The lowest BCUT2D eigenvalue weighted by atomic mass is 9.96. The van der Waals surface area contributed by atoms with E-state index in [1.54, 1.807) is 30.7 Å². The first-order chi connectivity index (χ1) is 15.0. The van der Waals surface area contributed by atoms with E-state index in [9.17, 15) is 9.18 Å². The minimum atomic E-state index is -0.580. The molecular weight excluding hydrogens is 439 g/mol. The topological polar surface area (TPSA) is 69.0 Å². The second kappa shape index (κ2) is 9.11. The monoisotopic (exact) mass is 458 g/mol. The molecule has 9 heteroatoms. The van der Waals surface area contributed by atoms with E-state index in [1.165, 1.54) is 23.9 Å². The highest BCUT2D eigenvalue weighted by molar-refractivity contribution is 7.98. The van der Waals surface area contributed by atoms with Gasteiger partial charge in [-0.15, -0.1) is 5.10 Å². The number of thioether (sulfide) groups is 1. The summed E-state index contributed by atoms with van der Waals surface area (Å²) in [4.78, 5) is 17.3. The van der Waals surface area contributed by atoms with Crippen LogP contribution >= 0.6 is 23.4 Å². The van der Waals surface area contributed by atoms with Gasteiger partial charge in [0.05, 0.1) is 12.2 Å². The second-order valence-corrected chi connectivity index (χ2v) is 8.30. The van der Waals surface area contributed by atoms with Crippen LogP contribution < -0.4 is 5.32 Å². The predicted molar refractivity (Wildman–Crippen MR) is 119 cm³/mol. The van der Waals surface area contributed by atoms with E-state index in [0.717, 1.165) is 5.56 Å². The average Bonchev–Trinajstić information content (AvgIpc) is 3.14. The van der Waals surface area contributed by atoms with Crippen LogP contribution in [0.15, 0.2) is 65.0 Å². The van der Waals surface area contributed by atoms with Crippen LogP contribution in [0.1, 0.15) is 31.0 Å². The van der Waals surface area contributed by atoms with Gasteiger partial charge in [-0.05, 0) is 49.2 Å². The Labute approximate surface area is 188 Å². The van der Waals surface area contributed by atoms with Gasteiger partial charge < -0.3 is 10.1 Å². The number of halogens is 2. The summed E-state index contributed by atoms with van der Waals surface area (Å²) in [5.74, 6) is 0.347. The van der Waals surface area contributed by atoms with Gasteiger partial charge >= 0.3 is 5.97 Å². The molecule has 1 aromatic heterocycles. The van der Waals surface area contributed by atoms with Crippen molar-refractivity contribution in [2.45, 2.75) is 30.8 Å². The molecule has 0 bridgehead atoms. The molecule has 4 rings (SSSR count). The van der Waals surface area contributed by atoms with Gasteiger partial charge in [-0.3, -0.25) is 0 Å². The van der Waals surface area contributed by atoms with Crippen molar-refractivity contribution in [2.24, 2.45) is 0 Å². The molecule has 1 aliphatic rings. The number of fused-ring (bicyclic) bond motifs is 1. The fourth-order valence-corrected chi connectivity index (χ4v) is 4.38. The van der Waals surface area contributed by atoms with Crippen molar-refractivity contribution in [1.29, 1.82) is 0 Å². The lowest BCUT2D eigenvalue weighted by Gasteiger charge is -2.28. The van der Waals surface area contributed by atoms with Crippen LogP contribution in [0.3, 0.4) is 0 Å². The molecule has 31 heavy (non-hydrogen) atoms. The molecule has 0 fully saturated rings. The van der Waals surface area contributed by atoms with Crippen molar-refractivity contribution in [2.75, 3.05) is 11.9 Å². The molecular formula is C22H20ClFN4O2S. The Hall–Kier alpha value is -2.84. The Balaban J connectivity index is 1.68. The zero-order valence-corrected chi connectivity index (χ0v) is 18.5. The Morgan fingerprint density at radius 3 is 2.77 bits per heavy atom. The van der Waals surface area contributed by atoms with E-state index in [2.05, 4.69) is 15.4 Å². The normalized spacial score (nSPS) is 15.4. The predicted octanol–water partition coefficient (Wildman–Crippen LogP) is 5.21. The summed E-state index contributed by atoms with van der Waals surface area (Å²) in [5, 5.41) is 9.00. The van der Waals surface area contributed by atoms with Crippen LogP contribution in [0.4, 0.5) is 10.3 Å². The van der Waals surface area contributed by atoms with Crippen LogP contribution in [0.25, 0.3) is 0 Å². The van der Waals surface area contributed by atoms with Gasteiger partial charge in [-0.1, -0.05) is 47.6 Å². The maximum Gasteiger partial charge on any atom is 0.338 e. The van der Waals surface area contributed by atoms with E-state index >= 15 is 0 Å². The molecule has 0 aliphatic carbocycles. The van der Waals surface area contributed by atoms with Crippen LogP contribution in [-0.2, 0) is 15.3 Å². The van der Waals surface area contributed by atoms with Gasteiger partial charge in [-0.2, -0.15) is 4.98 Å². The highest BCUT2D eigenvalue weighted by Gasteiger charge is 2.35. The number of ether oxygens (including phenoxy) is 1. The van der Waals surface area contributed by atoms with Gasteiger partial charge in [0.15, 0.2) is 0 Å². The number of carbonyl (C=O) groups excluding carboxylic acids is 1. The molecule has 6 nitrogen and oxygen atoms in total. The molecule has 3 aromatic rings. The number of hydrogen-bond acceptors (Lipinski definition) is 6. The number of benzene rings is 2. The summed E-state index contributed by atoms with van der Waals surface area (Å²) in [6.07, 6.45) is 0. The second-order valence-electron chi connectivity index (χ2n) is 6.92. The summed E-state index contributed by atoms with van der Waals surface area (Å²) in [7, 11) is 0. The summed E-state index contributed by atoms with van der Waals surface area (Å²) in [6.45, 7) is 3.79. The quantitative estimate of drug-likeness (QED) is 0.403. The first kappa shape index (κ1) is 21.4. The number of allylic oxidation sites excluding steroid dienone is 1. The van der Waals surface area contributed by atoms with E-state index < -0.39 is 12.0 Å². The van der Waals surface area contributed by atoms with Gasteiger partial charge in [0.1, 0.15) is 11.9 Å². The van der Waals surface area contributed by atoms with Gasteiger partial charge in [0, 0.05) is 16.5 Å². The maximum atomic E-state index is 13.5. The van der Waals surface area contributed by atoms with Crippen LogP contribution in [0.5, 0.6) is 0 Å². The number of anilines is 1. The minimum absolute atomic E-state index is 0.247. The Kier molecular flexibility index (Phi) is 6.29. The Morgan fingerprint density at radius 1 is 1.29 bits per heavy atom. The number of rotatable bonds is 6. The number of nitrogens with zero attached hydrogens (tertiary/aromatic N) is 3. The van der Waals surface area contributed by atoms with Gasteiger partial charge in [0.25, 0.3) is 0 Å². The molecule has 0 saturated carbocycles. The van der Waals surface area contributed by atoms with E-state index in [-0.39, 0.29) is 12.4 Å². The number of carbonyl (C=O) groups is 1. The third-order valence-electron chi connectivity index (χ3n) is 4.77. The lowest BCUT2D eigenvalue weighted by molar-refractivity contribution is -0.139. The zero-order valence-electron chi connectivity index (χ0n) is 16.9. The van der Waals surface area contributed by atoms with Crippen LogP contribution in [0.2, 0.25) is 5.02 Å². The number of nitrogens with one attached hydrogen (secondary N) is 1. The van der Waals surface area contributed by atoms with Gasteiger partial charge in [0.2, 0.25) is 11.1 Å². The molecule has 0 spiro atoms. The molecule has 2 aromatic carbocycles. The average molecular weight is 459 g/mol. The highest BCUT2D eigenvalue weighted by atomic mass is 35.5. The largest absolute Gasteiger partial charge is 0.463 e. The number of hydrogen-bond donors (Lipinski definition) is 1. The van der Waals surface area contributed by atoms with Gasteiger partial charge in [-0.25, -0.2) is 13.9 Å². The SMILES string of the molecule is CCOC(=O)C1=C(C)Nc2nc(SCc3cccc(Cl)c3)nn2[C@@H]1c1ccc(F)cc1. The van der Waals surface area contributed by atoms with Crippen molar-refractivity contribution in [1.82, 2.24) is 14.8 Å². The zero-order chi connectivity index (χ0) is 22.0. The van der Waals surface area contributed by atoms with Crippen molar-refractivity contribution in [3.05, 3.63) is 81.8 Å². The smallest absolute Gasteiger partial charge is 0.338 e. The van der Waals surface area contributed by atoms with E-state index in [1.807, 2.05) is 24.3 Å². The molecule has 1 aliphatic heterocycles. The van der Waals surface area contributed by atoms with Crippen LogP contribution in [0, 0.1) is 5.82 Å². The summed E-state index contributed by atoms with van der Waals surface area (Å²) in [6, 6.07) is 13.0. The van der Waals surface area contributed by atoms with Crippen molar-refractivity contribution in [3.8, 4) is 0 Å². The molecule has 0 radical (unpaired) electrons. The van der Waals surface area contributed by atoms with Crippen molar-refractivity contribution >= 4 is 35.3 Å². The first-order valence-corrected chi connectivity index (χ1v) is 11.1. The van der Waals surface area contributed by atoms with E-state index in [4.69, 9.17) is 16.3 Å². The summed E-state index contributed by atoms with van der Waals surface area (Å²) in [5.41, 5.74) is 2.80. The lowest BCUT2D eigenvalue weighted by Crippen LogP contribution is -2.29. The van der Waals surface area contributed by atoms with Crippen molar-refractivity contribution in [3.63, 3.8) is 0 Å². The Bertz CT molecular complexity index is 1150. The summed E-state index contributed by atoms with van der Waals surface area (Å²) >= 11 is 7.52. The molecule has 0 amide bonds. The standard InChI is InChI=1S/C22H20ClFN4O2S/c1-3-30-20(29)18-13(2)25-21-26-22(31-12-14-5-4-6-16(23)11-14)27-28(21)19(18)15-7-9-17(24)10-8-15/h4-11,19H,3,12H2,1-2H3,(H,25,26,27)/t19-/m1/s1. The molecule has 2 heterocycles. The first-order valence-electron chi connectivity index (χ1n) is 9.70. The van der Waals surface area contributed by atoms with Crippen LogP contribution in [-0.4, -0.2) is 27.3 Å². The fraction of sp³-hybridized carbons (Fsp3) is 0.227. The number of aromatic nitrogens is 3. The third kappa shape index (κ3) is 4.60. The van der Waals surface area contributed by atoms with Crippen molar-refractivity contribution < 1.29 is 13.9 Å². The maximum absolute atomic E-state index is 13.5. The molecule has 1 N–H and O–H groups in total. The summed E-state index contributed by atoms with van der Waals surface area (Å²) < 4.78 is 20.5.